The summed E-state index contributed by atoms with van der Waals surface area (Å²) < 4.78 is 13.7. The van der Waals surface area contributed by atoms with E-state index in [0.717, 1.165) is 33.2 Å². The maximum atomic E-state index is 13.7. The molecule has 5 aromatic rings. The molecule has 2 aromatic carbocycles. The Hall–Kier alpha value is -4.10. The van der Waals surface area contributed by atoms with E-state index in [1.807, 2.05) is 31.2 Å². The van der Waals surface area contributed by atoms with Crippen LogP contribution in [0.25, 0.3) is 33.4 Å². The maximum absolute atomic E-state index is 13.7. The summed E-state index contributed by atoms with van der Waals surface area (Å²) in [6, 6.07) is 15.4. The highest BCUT2D eigenvalue weighted by Gasteiger charge is 2.15. The van der Waals surface area contributed by atoms with E-state index < -0.39 is 5.82 Å². The molecule has 3 aromatic heterocycles. The monoisotopic (exact) mass is 457 g/mol. The lowest BCUT2D eigenvalue weighted by molar-refractivity contribution is 0.453. The quantitative estimate of drug-likeness (QED) is 0.329. The Bertz CT molecular complexity index is 1480. The van der Waals surface area contributed by atoms with E-state index in [1.54, 1.807) is 30.7 Å². The SMILES string of the molecule is Cc1cc(-c2ccc(O)nc2)cc2c(Nc3ccc(F)c(Cl)c3)nc(-c3cccnc3)nc12. The number of aromatic nitrogens is 4. The van der Waals surface area contributed by atoms with Crippen molar-refractivity contribution in [3.05, 3.63) is 89.6 Å². The normalized spacial score (nSPS) is 11.0. The molecule has 0 radical (unpaired) electrons. The topological polar surface area (TPSA) is 83.8 Å². The number of aromatic hydroxyl groups is 1. The number of nitrogens with zero attached hydrogens (tertiary/aromatic N) is 4. The van der Waals surface area contributed by atoms with Crippen LogP contribution in [0.2, 0.25) is 5.02 Å². The molecule has 0 saturated carbocycles. The van der Waals surface area contributed by atoms with Gasteiger partial charge in [0.1, 0.15) is 11.6 Å². The van der Waals surface area contributed by atoms with Crippen molar-refractivity contribution in [1.82, 2.24) is 19.9 Å². The molecule has 0 fully saturated rings. The Kier molecular flexibility index (Phi) is 5.32. The number of fused-ring (bicyclic) bond motifs is 1. The zero-order chi connectivity index (χ0) is 22.9. The molecule has 8 heteroatoms. The van der Waals surface area contributed by atoms with Crippen LogP contribution in [-0.2, 0) is 0 Å². The second-order valence-corrected chi connectivity index (χ2v) is 7.89. The fourth-order valence-electron chi connectivity index (χ4n) is 3.56. The van der Waals surface area contributed by atoms with Crippen LogP contribution in [0.5, 0.6) is 5.88 Å². The van der Waals surface area contributed by atoms with Crippen molar-refractivity contribution in [1.29, 1.82) is 0 Å². The Balaban J connectivity index is 1.72. The van der Waals surface area contributed by atoms with Gasteiger partial charge in [0.25, 0.3) is 0 Å². The van der Waals surface area contributed by atoms with Gasteiger partial charge in [-0.1, -0.05) is 11.6 Å². The number of pyridine rings is 2. The summed E-state index contributed by atoms with van der Waals surface area (Å²) in [5, 5.41) is 13.6. The Morgan fingerprint density at radius 2 is 1.82 bits per heavy atom. The lowest BCUT2D eigenvalue weighted by Crippen LogP contribution is -2.01. The first-order chi connectivity index (χ1) is 16.0. The van der Waals surface area contributed by atoms with Gasteiger partial charge in [0.2, 0.25) is 5.88 Å². The first-order valence-corrected chi connectivity index (χ1v) is 10.5. The maximum Gasteiger partial charge on any atom is 0.210 e. The van der Waals surface area contributed by atoms with Gasteiger partial charge in [-0.2, -0.15) is 0 Å². The van der Waals surface area contributed by atoms with Gasteiger partial charge in [0.05, 0.1) is 10.5 Å². The first kappa shape index (κ1) is 20.8. The van der Waals surface area contributed by atoms with Crippen molar-refractivity contribution in [2.45, 2.75) is 6.92 Å². The van der Waals surface area contributed by atoms with Crippen LogP contribution in [0.1, 0.15) is 5.56 Å². The molecule has 0 aliphatic carbocycles. The number of nitrogens with one attached hydrogen (secondary N) is 1. The highest BCUT2D eigenvalue weighted by atomic mass is 35.5. The summed E-state index contributed by atoms with van der Waals surface area (Å²) in [6.07, 6.45) is 4.99. The summed E-state index contributed by atoms with van der Waals surface area (Å²) >= 11 is 5.99. The van der Waals surface area contributed by atoms with Crippen molar-refractivity contribution in [2.24, 2.45) is 0 Å². The summed E-state index contributed by atoms with van der Waals surface area (Å²) in [5.74, 6) is 0.506. The third-order valence-corrected chi connectivity index (χ3v) is 5.46. The van der Waals surface area contributed by atoms with Gasteiger partial charge in [-0.3, -0.25) is 4.98 Å². The zero-order valence-electron chi connectivity index (χ0n) is 17.4. The second-order valence-electron chi connectivity index (χ2n) is 7.49. The van der Waals surface area contributed by atoms with E-state index in [1.165, 1.54) is 18.2 Å². The summed E-state index contributed by atoms with van der Waals surface area (Å²) in [7, 11) is 0. The van der Waals surface area contributed by atoms with Crippen molar-refractivity contribution in [3.8, 4) is 28.4 Å². The van der Waals surface area contributed by atoms with E-state index in [-0.39, 0.29) is 10.9 Å². The second kappa shape index (κ2) is 8.44. The molecule has 0 spiro atoms. The predicted octanol–water partition coefficient (Wildman–Crippen LogP) is 6.30. The third kappa shape index (κ3) is 4.18. The van der Waals surface area contributed by atoms with E-state index in [9.17, 15) is 9.50 Å². The average molecular weight is 458 g/mol. The van der Waals surface area contributed by atoms with Crippen LogP contribution in [0.15, 0.2) is 73.2 Å². The Morgan fingerprint density at radius 3 is 2.55 bits per heavy atom. The van der Waals surface area contributed by atoms with Gasteiger partial charge >= 0.3 is 0 Å². The summed E-state index contributed by atoms with van der Waals surface area (Å²) in [6.45, 7) is 1.97. The molecule has 5 rings (SSSR count). The van der Waals surface area contributed by atoms with Crippen LogP contribution in [0.4, 0.5) is 15.9 Å². The van der Waals surface area contributed by atoms with Gasteiger partial charge in [0.15, 0.2) is 5.82 Å². The molecule has 6 nitrogen and oxygen atoms in total. The number of anilines is 2. The van der Waals surface area contributed by atoms with E-state index in [0.29, 0.717) is 17.3 Å². The minimum absolute atomic E-state index is 0.0119. The molecule has 3 heterocycles. The lowest BCUT2D eigenvalue weighted by Gasteiger charge is -2.14. The fourth-order valence-corrected chi connectivity index (χ4v) is 3.74. The average Bonchev–Trinajstić information content (AvgIpc) is 2.82. The number of halogens is 2. The predicted molar refractivity (Wildman–Crippen MR) is 127 cm³/mol. The molecular weight excluding hydrogens is 441 g/mol. The van der Waals surface area contributed by atoms with E-state index in [2.05, 4.69) is 15.3 Å². The van der Waals surface area contributed by atoms with Crippen molar-refractivity contribution in [3.63, 3.8) is 0 Å². The summed E-state index contributed by atoms with van der Waals surface area (Å²) in [4.78, 5) is 17.7. The number of aryl methyl sites for hydroxylation is 1. The molecule has 0 bridgehead atoms. The fraction of sp³-hybridized carbons (Fsp3) is 0.0400. The van der Waals surface area contributed by atoms with Crippen LogP contribution < -0.4 is 5.32 Å². The highest BCUT2D eigenvalue weighted by molar-refractivity contribution is 6.31. The molecule has 0 atom stereocenters. The molecule has 33 heavy (non-hydrogen) atoms. The first-order valence-electron chi connectivity index (χ1n) is 10.1. The van der Waals surface area contributed by atoms with Crippen LogP contribution in [0.3, 0.4) is 0 Å². The zero-order valence-corrected chi connectivity index (χ0v) is 18.2. The van der Waals surface area contributed by atoms with E-state index in [4.69, 9.17) is 21.6 Å². The standard InChI is InChI=1S/C25H17ClFN5O/c1-14-9-17(15-4-7-22(33)29-13-15)10-19-23(14)31-24(16-3-2-8-28-12-16)32-25(19)30-18-5-6-21(27)20(26)11-18/h2-13H,1H3,(H,29,33)(H,30,31,32). The van der Waals surface area contributed by atoms with Crippen molar-refractivity contribution < 1.29 is 9.50 Å². The molecule has 0 amide bonds. The molecule has 0 saturated heterocycles. The Morgan fingerprint density at radius 1 is 0.939 bits per heavy atom. The number of rotatable bonds is 4. The summed E-state index contributed by atoms with van der Waals surface area (Å²) in [5.41, 5.74) is 4.78. The Labute approximate surface area is 193 Å². The van der Waals surface area contributed by atoms with Crippen LogP contribution >= 0.6 is 11.6 Å². The molecular formula is C25H17ClFN5O. The van der Waals surface area contributed by atoms with Crippen molar-refractivity contribution in [2.75, 3.05) is 5.32 Å². The molecule has 2 N–H and O–H groups in total. The van der Waals surface area contributed by atoms with Crippen molar-refractivity contribution >= 4 is 34.0 Å². The lowest BCUT2D eigenvalue weighted by atomic mass is 10.0. The molecule has 162 valence electrons. The molecule has 0 aliphatic rings. The van der Waals surface area contributed by atoms with Crippen LogP contribution in [-0.4, -0.2) is 25.0 Å². The van der Waals surface area contributed by atoms with Gasteiger partial charge in [-0.15, -0.1) is 0 Å². The third-order valence-electron chi connectivity index (χ3n) is 5.17. The van der Waals surface area contributed by atoms with E-state index >= 15 is 0 Å². The van der Waals surface area contributed by atoms with Gasteiger partial charge < -0.3 is 10.4 Å². The highest BCUT2D eigenvalue weighted by Crippen LogP contribution is 2.34. The minimum atomic E-state index is -0.497. The number of hydrogen-bond acceptors (Lipinski definition) is 6. The van der Waals surface area contributed by atoms with Gasteiger partial charge in [-0.05, 0) is 66.6 Å². The van der Waals surface area contributed by atoms with Crippen LogP contribution in [0, 0.1) is 12.7 Å². The van der Waals surface area contributed by atoms with Gasteiger partial charge in [0, 0.05) is 46.9 Å². The number of benzene rings is 2. The minimum Gasteiger partial charge on any atom is -0.493 e. The molecule has 0 unspecified atom stereocenters. The smallest absolute Gasteiger partial charge is 0.210 e. The van der Waals surface area contributed by atoms with Gasteiger partial charge in [-0.25, -0.2) is 19.3 Å². The molecule has 0 aliphatic heterocycles. The number of hydrogen-bond donors (Lipinski definition) is 2. The largest absolute Gasteiger partial charge is 0.493 e.